The van der Waals surface area contributed by atoms with E-state index >= 15 is 0 Å². The summed E-state index contributed by atoms with van der Waals surface area (Å²) < 4.78 is 5.92. The van der Waals surface area contributed by atoms with Gasteiger partial charge in [0.2, 0.25) is 0 Å². The van der Waals surface area contributed by atoms with E-state index in [1.807, 2.05) is 0 Å². The van der Waals surface area contributed by atoms with Gasteiger partial charge in [-0.1, -0.05) is 27.7 Å². The molecular formula is C12H20O. The number of hydrogen-bond acceptors (Lipinski definition) is 1. The molecule has 0 radical (unpaired) electrons. The van der Waals surface area contributed by atoms with Gasteiger partial charge in [0.05, 0.1) is 6.10 Å². The van der Waals surface area contributed by atoms with E-state index in [0.29, 0.717) is 11.5 Å². The van der Waals surface area contributed by atoms with Crippen LogP contribution in [0, 0.1) is 10.8 Å². The largest absolute Gasteiger partial charge is 0.494 e. The van der Waals surface area contributed by atoms with E-state index in [1.54, 1.807) is 5.57 Å². The predicted octanol–water partition coefficient (Wildman–Crippen LogP) is 3.51. The molecule has 1 atom stereocenters. The quantitative estimate of drug-likeness (QED) is 0.554. The van der Waals surface area contributed by atoms with Gasteiger partial charge in [0.25, 0.3) is 0 Å². The Morgan fingerprint density at radius 3 is 2.31 bits per heavy atom. The van der Waals surface area contributed by atoms with Gasteiger partial charge in [-0.3, -0.25) is 0 Å². The molecular weight excluding hydrogens is 160 g/mol. The smallest absolute Gasteiger partial charge is 0.102 e. The Morgan fingerprint density at radius 1 is 1.15 bits per heavy atom. The minimum absolute atomic E-state index is 0.267. The first-order valence-corrected chi connectivity index (χ1v) is 5.24. The van der Waals surface area contributed by atoms with E-state index in [1.165, 1.54) is 12.2 Å². The lowest BCUT2D eigenvalue weighted by Gasteiger charge is -2.28. The molecule has 0 fully saturated rings. The van der Waals surface area contributed by atoms with E-state index in [0.717, 1.165) is 6.42 Å². The second-order valence-electron chi connectivity index (χ2n) is 5.88. The van der Waals surface area contributed by atoms with Gasteiger partial charge in [-0.05, 0) is 24.3 Å². The molecule has 2 aliphatic rings. The summed E-state index contributed by atoms with van der Waals surface area (Å²) in [7, 11) is 0. The summed E-state index contributed by atoms with van der Waals surface area (Å²) in [5.41, 5.74) is 2.21. The second kappa shape index (κ2) is 2.31. The molecule has 1 aliphatic carbocycles. The molecule has 0 amide bonds. The molecule has 0 aromatic rings. The van der Waals surface area contributed by atoms with Gasteiger partial charge < -0.3 is 4.74 Å². The maximum Gasteiger partial charge on any atom is 0.102 e. The van der Waals surface area contributed by atoms with Gasteiger partial charge in [0.15, 0.2) is 0 Å². The van der Waals surface area contributed by atoms with Crippen molar-refractivity contribution in [2.75, 3.05) is 0 Å². The predicted molar refractivity (Wildman–Crippen MR) is 54.4 cm³/mol. The van der Waals surface area contributed by atoms with Crippen molar-refractivity contribution >= 4 is 0 Å². The van der Waals surface area contributed by atoms with Gasteiger partial charge >= 0.3 is 0 Å². The number of rotatable bonds is 0. The molecule has 2 rings (SSSR count). The van der Waals surface area contributed by atoms with Crippen LogP contribution < -0.4 is 0 Å². The molecule has 0 saturated carbocycles. The number of ether oxygens (including phenoxy) is 1. The Kier molecular flexibility index (Phi) is 1.62. The third-order valence-corrected chi connectivity index (χ3v) is 3.40. The monoisotopic (exact) mass is 180 g/mol. The second-order valence-corrected chi connectivity index (χ2v) is 5.88. The fourth-order valence-corrected chi connectivity index (χ4v) is 3.14. The van der Waals surface area contributed by atoms with Crippen molar-refractivity contribution in [1.29, 1.82) is 0 Å². The maximum atomic E-state index is 5.92. The Hall–Kier alpha value is -0.460. The van der Waals surface area contributed by atoms with E-state index < -0.39 is 0 Å². The van der Waals surface area contributed by atoms with Crippen LogP contribution in [0.25, 0.3) is 0 Å². The normalized spacial score (nSPS) is 34.7. The molecule has 74 valence electrons. The van der Waals surface area contributed by atoms with Gasteiger partial charge in [0, 0.05) is 11.8 Å². The summed E-state index contributed by atoms with van der Waals surface area (Å²) in [6.45, 7) is 11.5. The molecule has 1 nitrogen and oxygen atoms in total. The van der Waals surface area contributed by atoms with E-state index in [-0.39, 0.29) is 5.41 Å². The van der Waals surface area contributed by atoms with Crippen LogP contribution >= 0.6 is 0 Å². The fourth-order valence-electron chi connectivity index (χ4n) is 3.14. The molecule has 1 heteroatoms. The average molecular weight is 180 g/mol. The Balaban J connectivity index is 2.40. The fraction of sp³-hybridized carbons (Fsp3) is 0.833. The summed E-state index contributed by atoms with van der Waals surface area (Å²) in [6, 6.07) is 0. The first kappa shape index (κ1) is 9.11. The van der Waals surface area contributed by atoms with Crippen molar-refractivity contribution in [3.05, 3.63) is 11.3 Å². The Morgan fingerprint density at radius 2 is 1.77 bits per heavy atom. The molecule has 1 unspecified atom stereocenters. The molecule has 0 spiro atoms. The van der Waals surface area contributed by atoms with Gasteiger partial charge in [-0.15, -0.1) is 0 Å². The minimum atomic E-state index is 0.267. The standard InChI is InChI=1S/C12H20O/c1-8-6-9-10(13-8)12(4,5)7-11(9,2)3/h8H,6-7H2,1-5H3. The summed E-state index contributed by atoms with van der Waals surface area (Å²) >= 11 is 0. The lowest BCUT2D eigenvalue weighted by molar-refractivity contribution is 0.0980. The van der Waals surface area contributed by atoms with Gasteiger partial charge in [-0.2, -0.15) is 0 Å². The van der Waals surface area contributed by atoms with Crippen LogP contribution in [-0.2, 0) is 4.74 Å². The van der Waals surface area contributed by atoms with Crippen LogP contribution in [0.2, 0.25) is 0 Å². The molecule has 13 heavy (non-hydrogen) atoms. The number of hydrogen-bond donors (Lipinski definition) is 0. The van der Waals surface area contributed by atoms with Crippen molar-refractivity contribution in [3.63, 3.8) is 0 Å². The van der Waals surface area contributed by atoms with Crippen molar-refractivity contribution in [2.24, 2.45) is 10.8 Å². The summed E-state index contributed by atoms with van der Waals surface area (Å²) in [5.74, 6) is 1.30. The highest BCUT2D eigenvalue weighted by Crippen LogP contribution is 2.57. The third-order valence-electron chi connectivity index (χ3n) is 3.40. The van der Waals surface area contributed by atoms with Crippen molar-refractivity contribution < 1.29 is 4.74 Å². The molecule has 0 N–H and O–H groups in total. The highest BCUT2D eigenvalue weighted by Gasteiger charge is 2.48. The molecule has 0 bridgehead atoms. The first-order valence-electron chi connectivity index (χ1n) is 5.24. The van der Waals surface area contributed by atoms with Crippen LogP contribution in [0.1, 0.15) is 47.5 Å². The van der Waals surface area contributed by atoms with Gasteiger partial charge in [0.1, 0.15) is 5.76 Å². The van der Waals surface area contributed by atoms with E-state index in [2.05, 4.69) is 34.6 Å². The SMILES string of the molecule is CC1CC2=C(O1)C(C)(C)CC2(C)C. The zero-order valence-corrected chi connectivity index (χ0v) is 9.40. The summed E-state index contributed by atoms with van der Waals surface area (Å²) in [6.07, 6.45) is 2.78. The maximum absolute atomic E-state index is 5.92. The summed E-state index contributed by atoms with van der Waals surface area (Å²) in [5, 5.41) is 0. The lowest BCUT2D eigenvalue weighted by Crippen LogP contribution is -2.20. The lowest BCUT2D eigenvalue weighted by atomic mass is 9.79. The third kappa shape index (κ3) is 1.20. The number of allylic oxidation sites excluding steroid dienone is 1. The zero-order chi connectivity index (χ0) is 9.85. The average Bonchev–Trinajstić information content (AvgIpc) is 2.34. The minimum Gasteiger partial charge on any atom is -0.494 e. The summed E-state index contributed by atoms with van der Waals surface area (Å²) in [4.78, 5) is 0. The molecule has 1 aliphatic heterocycles. The van der Waals surface area contributed by atoms with Crippen molar-refractivity contribution in [3.8, 4) is 0 Å². The van der Waals surface area contributed by atoms with E-state index in [4.69, 9.17) is 4.74 Å². The topological polar surface area (TPSA) is 9.23 Å². The van der Waals surface area contributed by atoms with Crippen molar-refractivity contribution in [1.82, 2.24) is 0 Å². The van der Waals surface area contributed by atoms with Crippen LogP contribution in [0.3, 0.4) is 0 Å². The van der Waals surface area contributed by atoms with Gasteiger partial charge in [-0.25, -0.2) is 0 Å². The Labute approximate surface area is 81.2 Å². The zero-order valence-electron chi connectivity index (χ0n) is 9.40. The highest BCUT2D eigenvalue weighted by molar-refractivity contribution is 5.32. The van der Waals surface area contributed by atoms with Crippen LogP contribution in [0.15, 0.2) is 11.3 Å². The molecule has 0 aromatic carbocycles. The van der Waals surface area contributed by atoms with Crippen LogP contribution in [0.4, 0.5) is 0 Å². The Bertz CT molecular complexity index is 245. The van der Waals surface area contributed by atoms with Crippen LogP contribution in [-0.4, -0.2) is 6.10 Å². The van der Waals surface area contributed by atoms with Crippen molar-refractivity contribution in [2.45, 2.75) is 53.6 Å². The molecule has 1 heterocycles. The first-order chi connectivity index (χ1) is 5.83. The highest BCUT2D eigenvalue weighted by atomic mass is 16.5. The molecule has 0 saturated heterocycles. The van der Waals surface area contributed by atoms with Crippen LogP contribution in [0.5, 0.6) is 0 Å². The van der Waals surface area contributed by atoms with E-state index in [9.17, 15) is 0 Å². The molecule has 0 aromatic heterocycles.